The average molecular weight is 402 g/mol. The molecule has 0 atom stereocenters. The number of hydrogen-bond acceptors (Lipinski definition) is 5. The number of carbonyl (C=O) groups is 1. The van der Waals surface area contributed by atoms with Crippen LogP contribution in [0, 0.1) is 0 Å². The third-order valence-corrected chi connectivity index (χ3v) is 5.94. The van der Waals surface area contributed by atoms with Crippen LogP contribution in [0.5, 0.6) is 0 Å². The van der Waals surface area contributed by atoms with Gasteiger partial charge in [0.2, 0.25) is 10.0 Å². The van der Waals surface area contributed by atoms with Crippen LogP contribution in [-0.2, 0) is 28.0 Å². The first-order chi connectivity index (χ1) is 13.0. The van der Waals surface area contributed by atoms with Crippen LogP contribution in [-0.4, -0.2) is 14.3 Å². The largest absolute Gasteiger partial charge is 0.274 e. The fourth-order valence-corrected chi connectivity index (χ4v) is 4.07. The zero-order chi connectivity index (χ0) is 19.1. The van der Waals surface area contributed by atoms with Gasteiger partial charge in [-0.2, -0.15) is 0 Å². The molecule has 2 N–H and O–H groups in total. The summed E-state index contributed by atoms with van der Waals surface area (Å²) in [6.07, 6.45) is 0. The number of hydroxylamine groups is 1. The number of amides is 1. The number of hydrogen-bond donors (Lipinski definition) is 2. The highest BCUT2D eigenvalue weighted by molar-refractivity contribution is 7.89. The number of benzene rings is 2. The summed E-state index contributed by atoms with van der Waals surface area (Å²) in [4.78, 5) is 18.3. The van der Waals surface area contributed by atoms with Crippen LogP contribution >= 0.6 is 11.3 Å². The second-order valence-electron chi connectivity index (χ2n) is 5.64. The van der Waals surface area contributed by atoms with Gasteiger partial charge < -0.3 is 0 Å². The normalized spacial score (nSPS) is 11.3. The Bertz CT molecular complexity index is 988. The van der Waals surface area contributed by atoms with Crippen molar-refractivity contribution in [3.63, 3.8) is 0 Å². The van der Waals surface area contributed by atoms with Gasteiger partial charge in [-0.3, -0.25) is 9.63 Å². The van der Waals surface area contributed by atoms with E-state index in [1.807, 2.05) is 47.8 Å². The molecule has 2 aromatic carbocycles. The fourth-order valence-electron chi connectivity index (χ4n) is 2.29. The molecule has 0 aliphatic heterocycles. The van der Waals surface area contributed by atoms with Crippen LogP contribution in [0.1, 0.15) is 20.8 Å². The lowest BCUT2D eigenvalue weighted by atomic mass is 10.2. The molecule has 3 rings (SSSR count). The van der Waals surface area contributed by atoms with Crippen LogP contribution in [0.25, 0.3) is 0 Å². The van der Waals surface area contributed by atoms with Crippen molar-refractivity contribution in [1.82, 2.24) is 10.2 Å². The van der Waals surface area contributed by atoms with Gasteiger partial charge in [-0.1, -0.05) is 42.5 Å². The quantitative estimate of drug-likeness (QED) is 0.567. The Morgan fingerprint density at radius 2 is 1.81 bits per heavy atom. The molecular weight excluding hydrogens is 384 g/mol. The Morgan fingerprint density at radius 3 is 2.56 bits per heavy atom. The van der Waals surface area contributed by atoms with Crippen LogP contribution in [0.2, 0.25) is 0 Å². The molecule has 0 saturated heterocycles. The van der Waals surface area contributed by atoms with E-state index in [1.165, 1.54) is 35.6 Å². The Morgan fingerprint density at radius 1 is 1.00 bits per heavy atom. The first kappa shape index (κ1) is 19.2. The molecule has 1 heterocycles. The lowest BCUT2D eigenvalue weighted by molar-refractivity contribution is 0.0233. The van der Waals surface area contributed by atoms with Crippen molar-refractivity contribution in [3.8, 4) is 0 Å². The minimum Gasteiger partial charge on any atom is -0.269 e. The van der Waals surface area contributed by atoms with Crippen molar-refractivity contribution in [2.45, 2.75) is 18.0 Å². The third kappa shape index (κ3) is 5.48. The summed E-state index contributed by atoms with van der Waals surface area (Å²) < 4.78 is 27.4. The molecule has 0 fully saturated rings. The van der Waals surface area contributed by atoms with E-state index in [4.69, 9.17) is 4.84 Å². The van der Waals surface area contributed by atoms with E-state index in [0.29, 0.717) is 0 Å². The van der Waals surface area contributed by atoms with Crippen molar-refractivity contribution in [1.29, 1.82) is 0 Å². The van der Waals surface area contributed by atoms with Gasteiger partial charge in [0, 0.05) is 17.0 Å². The van der Waals surface area contributed by atoms with Crippen molar-refractivity contribution in [2.24, 2.45) is 0 Å². The summed E-state index contributed by atoms with van der Waals surface area (Å²) >= 11 is 1.47. The molecule has 140 valence electrons. The molecule has 27 heavy (non-hydrogen) atoms. The minimum atomic E-state index is -3.72. The van der Waals surface area contributed by atoms with Gasteiger partial charge in [-0.25, -0.2) is 18.6 Å². The predicted molar refractivity (Wildman–Crippen MR) is 103 cm³/mol. The van der Waals surface area contributed by atoms with E-state index in [9.17, 15) is 13.2 Å². The van der Waals surface area contributed by atoms with Crippen LogP contribution < -0.4 is 10.2 Å². The molecule has 6 nitrogen and oxygen atoms in total. The zero-order valence-electron chi connectivity index (χ0n) is 14.3. The van der Waals surface area contributed by atoms with Gasteiger partial charge in [0.05, 0.1) is 11.5 Å². The smallest absolute Gasteiger partial charge is 0.269 e. The molecule has 1 amide bonds. The van der Waals surface area contributed by atoms with Crippen molar-refractivity contribution < 1.29 is 18.0 Å². The first-order valence-corrected chi connectivity index (χ1v) is 10.5. The monoisotopic (exact) mass is 402 g/mol. The van der Waals surface area contributed by atoms with Gasteiger partial charge in [0.1, 0.15) is 0 Å². The molecular formula is C19H18N2O4S2. The third-order valence-electron chi connectivity index (χ3n) is 3.67. The summed E-state index contributed by atoms with van der Waals surface area (Å²) in [5, 5.41) is 1.88. The molecule has 0 bridgehead atoms. The Balaban J connectivity index is 1.61. The van der Waals surface area contributed by atoms with Gasteiger partial charge in [0.15, 0.2) is 0 Å². The number of carbonyl (C=O) groups excluding carboxylic acids is 1. The molecule has 1 aromatic heterocycles. The van der Waals surface area contributed by atoms with Gasteiger partial charge >= 0.3 is 0 Å². The SMILES string of the molecule is O=C(NOCc1ccccc1)c1cccc(S(=O)(=O)NCc2cccs2)c1. The Labute approximate surface area is 161 Å². The fraction of sp³-hybridized carbons (Fsp3) is 0.105. The van der Waals surface area contributed by atoms with E-state index in [2.05, 4.69) is 10.2 Å². The Kier molecular flexibility index (Phi) is 6.36. The zero-order valence-corrected chi connectivity index (χ0v) is 15.9. The molecule has 0 aliphatic carbocycles. The Hall–Kier alpha value is -2.52. The van der Waals surface area contributed by atoms with E-state index >= 15 is 0 Å². The van der Waals surface area contributed by atoms with Crippen molar-refractivity contribution >= 4 is 27.3 Å². The number of sulfonamides is 1. The maximum Gasteiger partial charge on any atom is 0.274 e. The van der Waals surface area contributed by atoms with Gasteiger partial charge in [-0.15, -0.1) is 11.3 Å². The predicted octanol–water partition coefficient (Wildman–Crippen LogP) is 3.09. The molecule has 0 unspecified atom stereocenters. The minimum absolute atomic E-state index is 0.0229. The summed E-state index contributed by atoms with van der Waals surface area (Å²) in [7, 11) is -3.72. The van der Waals surface area contributed by atoms with Crippen LogP contribution in [0.15, 0.2) is 77.0 Å². The molecule has 0 radical (unpaired) electrons. The second-order valence-corrected chi connectivity index (χ2v) is 8.44. The maximum absolute atomic E-state index is 12.4. The van der Waals surface area contributed by atoms with E-state index in [1.54, 1.807) is 0 Å². The summed E-state index contributed by atoms with van der Waals surface area (Å²) in [6.45, 7) is 0.420. The molecule has 3 aromatic rings. The molecule has 0 spiro atoms. The lowest BCUT2D eigenvalue weighted by Gasteiger charge is -2.09. The topological polar surface area (TPSA) is 84.5 Å². The van der Waals surface area contributed by atoms with Gasteiger partial charge in [-0.05, 0) is 35.2 Å². The summed E-state index contributed by atoms with van der Waals surface area (Å²) in [6, 6.07) is 18.9. The average Bonchev–Trinajstić information content (AvgIpc) is 3.21. The van der Waals surface area contributed by atoms with Gasteiger partial charge in [0.25, 0.3) is 5.91 Å². The van der Waals surface area contributed by atoms with E-state index in [-0.39, 0.29) is 23.6 Å². The standard InChI is InChI=1S/C19H18N2O4S2/c22-19(21-25-14-15-6-2-1-3-7-15)16-8-4-10-18(12-16)27(23,24)20-13-17-9-5-11-26-17/h1-12,20H,13-14H2,(H,21,22). The highest BCUT2D eigenvalue weighted by atomic mass is 32.2. The molecule has 0 aliphatic rings. The first-order valence-electron chi connectivity index (χ1n) is 8.13. The van der Waals surface area contributed by atoms with E-state index < -0.39 is 15.9 Å². The lowest BCUT2D eigenvalue weighted by Crippen LogP contribution is -2.25. The number of thiophene rings is 1. The summed E-state index contributed by atoms with van der Waals surface area (Å²) in [5.74, 6) is -0.513. The highest BCUT2D eigenvalue weighted by Gasteiger charge is 2.16. The highest BCUT2D eigenvalue weighted by Crippen LogP contribution is 2.14. The van der Waals surface area contributed by atoms with Crippen molar-refractivity contribution in [3.05, 3.63) is 88.1 Å². The number of nitrogens with one attached hydrogen (secondary N) is 2. The van der Waals surface area contributed by atoms with Crippen LogP contribution in [0.4, 0.5) is 0 Å². The molecule has 0 saturated carbocycles. The van der Waals surface area contributed by atoms with E-state index in [0.717, 1.165) is 10.4 Å². The maximum atomic E-state index is 12.4. The van der Waals surface area contributed by atoms with Crippen LogP contribution in [0.3, 0.4) is 0 Å². The summed E-state index contributed by atoms with van der Waals surface area (Å²) in [5.41, 5.74) is 3.43. The van der Waals surface area contributed by atoms with Crippen molar-refractivity contribution in [2.75, 3.05) is 0 Å². The number of rotatable bonds is 8. The molecule has 8 heteroatoms. The second kappa shape index (κ2) is 8.92.